The average molecular weight is 290 g/mol. The van der Waals surface area contributed by atoms with Gasteiger partial charge in [-0.25, -0.2) is 4.98 Å². The smallest absolute Gasteiger partial charge is 0.311 e. The number of carboxylic acids is 1. The van der Waals surface area contributed by atoms with Crippen LogP contribution in [0.1, 0.15) is 29.7 Å². The van der Waals surface area contributed by atoms with Gasteiger partial charge in [-0.15, -0.1) is 11.3 Å². The molecule has 2 aromatic rings. The molecule has 0 aromatic carbocycles. The molecule has 2 aromatic heterocycles. The molecule has 1 aliphatic carbocycles. The summed E-state index contributed by atoms with van der Waals surface area (Å²) in [5.41, 5.74) is 1.38. The van der Waals surface area contributed by atoms with E-state index in [1.54, 1.807) is 0 Å². The molecule has 5 nitrogen and oxygen atoms in total. The van der Waals surface area contributed by atoms with Crippen molar-refractivity contribution < 1.29 is 9.90 Å². The number of rotatable bonds is 3. The molecule has 0 amide bonds. The standard InChI is InChI=1S/C14H14N2O3S/c1-7(2)5-16-6-15-12-11(13(16)17)10-8(14(18)19)3-4-9(10)20-12/h6,8H,1,3-5H2,2H3,(H,18,19). The largest absolute Gasteiger partial charge is 0.481 e. The molecule has 6 heteroatoms. The zero-order chi connectivity index (χ0) is 14.4. The van der Waals surface area contributed by atoms with E-state index in [0.29, 0.717) is 35.2 Å². The first kappa shape index (κ1) is 13.1. The molecule has 0 fully saturated rings. The minimum absolute atomic E-state index is 0.163. The Labute approximate surface area is 119 Å². The molecule has 2 heterocycles. The molecule has 0 radical (unpaired) electrons. The molecule has 1 unspecified atom stereocenters. The van der Waals surface area contributed by atoms with Crippen LogP contribution in [0.25, 0.3) is 10.2 Å². The third-order valence-corrected chi connectivity index (χ3v) is 4.71. The Morgan fingerprint density at radius 2 is 2.40 bits per heavy atom. The van der Waals surface area contributed by atoms with Crippen molar-refractivity contribution in [3.63, 3.8) is 0 Å². The second kappa shape index (κ2) is 4.56. The lowest BCUT2D eigenvalue weighted by atomic mass is 10.0. The fraction of sp³-hybridized carbons (Fsp3) is 0.357. The van der Waals surface area contributed by atoms with Crippen LogP contribution in [0, 0.1) is 0 Å². The van der Waals surface area contributed by atoms with E-state index >= 15 is 0 Å². The number of nitrogens with zero attached hydrogens (tertiary/aromatic N) is 2. The first-order valence-corrected chi connectivity index (χ1v) is 7.18. The van der Waals surface area contributed by atoms with Gasteiger partial charge in [-0.1, -0.05) is 12.2 Å². The number of aromatic nitrogens is 2. The van der Waals surface area contributed by atoms with Gasteiger partial charge in [-0.05, 0) is 25.3 Å². The van der Waals surface area contributed by atoms with E-state index in [1.165, 1.54) is 22.2 Å². The Morgan fingerprint density at radius 1 is 1.65 bits per heavy atom. The Kier molecular flexibility index (Phi) is 2.97. The first-order chi connectivity index (χ1) is 9.49. The zero-order valence-corrected chi connectivity index (χ0v) is 11.9. The maximum atomic E-state index is 12.5. The van der Waals surface area contributed by atoms with E-state index in [4.69, 9.17) is 0 Å². The van der Waals surface area contributed by atoms with Crippen LogP contribution in [-0.2, 0) is 17.8 Å². The van der Waals surface area contributed by atoms with Crippen molar-refractivity contribution in [3.05, 3.63) is 39.3 Å². The second-order valence-electron chi connectivity index (χ2n) is 5.18. The van der Waals surface area contributed by atoms with E-state index in [0.717, 1.165) is 10.5 Å². The Bertz CT molecular complexity index is 788. The molecule has 0 saturated carbocycles. The number of fused-ring (bicyclic) bond motifs is 3. The van der Waals surface area contributed by atoms with Crippen LogP contribution >= 0.6 is 11.3 Å². The molecule has 0 aliphatic heterocycles. The zero-order valence-electron chi connectivity index (χ0n) is 11.0. The molecular weight excluding hydrogens is 276 g/mol. The number of thiophene rings is 1. The fourth-order valence-corrected chi connectivity index (χ4v) is 3.92. The summed E-state index contributed by atoms with van der Waals surface area (Å²) in [6.07, 6.45) is 2.80. The number of aliphatic carboxylic acids is 1. The summed E-state index contributed by atoms with van der Waals surface area (Å²) in [7, 11) is 0. The number of carbonyl (C=O) groups is 1. The van der Waals surface area contributed by atoms with Crippen LogP contribution in [0.4, 0.5) is 0 Å². The number of aryl methyl sites for hydroxylation is 1. The predicted octanol–water partition coefficient (Wildman–Crippen LogP) is 2.15. The van der Waals surface area contributed by atoms with E-state index in [1.807, 2.05) is 6.92 Å². The lowest BCUT2D eigenvalue weighted by molar-refractivity contribution is -0.138. The minimum Gasteiger partial charge on any atom is -0.481 e. The topological polar surface area (TPSA) is 72.2 Å². The van der Waals surface area contributed by atoms with E-state index in [9.17, 15) is 14.7 Å². The summed E-state index contributed by atoms with van der Waals surface area (Å²) in [4.78, 5) is 29.8. The molecule has 1 N–H and O–H groups in total. The predicted molar refractivity (Wildman–Crippen MR) is 77.4 cm³/mol. The van der Waals surface area contributed by atoms with Gasteiger partial charge in [0.05, 0.1) is 17.6 Å². The van der Waals surface area contributed by atoms with Gasteiger partial charge in [0.15, 0.2) is 0 Å². The highest BCUT2D eigenvalue weighted by molar-refractivity contribution is 7.18. The minimum atomic E-state index is -0.863. The van der Waals surface area contributed by atoms with Crippen LogP contribution < -0.4 is 5.56 Å². The summed E-state index contributed by atoms with van der Waals surface area (Å²) in [6.45, 7) is 6.04. The quantitative estimate of drug-likeness (QED) is 0.879. The maximum absolute atomic E-state index is 12.5. The number of carboxylic acid groups (broad SMARTS) is 1. The van der Waals surface area contributed by atoms with Gasteiger partial charge < -0.3 is 5.11 Å². The fourth-order valence-electron chi connectivity index (χ4n) is 2.72. The van der Waals surface area contributed by atoms with Crippen LogP contribution in [-0.4, -0.2) is 20.6 Å². The second-order valence-corrected chi connectivity index (χ2v) is 6.27. The molecular formula is C14H14N2O3S. The van der Waals surface area contributed by atoms with Crippen LogP contribution in [0.5, 0.6) is 0 Å². The Morgan fingerprint density at radius 3 is 3.05 bits per heavy atom. The molecule has 3 rings (SSSR count). The maximum Gasteiger partial charge on any atom is 0.311 e. The third-order valence-electron chi connectivity index (χ3n) is 3.54. The molecule has 1 aliphatic rings. The van der Waals surface area contributed by atoms with Crippen molar-refractivity contribution in [2.24, 2.45) is 0 Å². The lowest BCUT2D eigenvalue weighted by Crippen LogP contribution is -2.22. The number of hydrogen-bond donors (Lipinski definition) is 1. The lowest BCUT2D eigenvalue weighted by Gasteiger charge is -2.07. The van der Waals surface area contributed by atoms with E-state index in [-0.39, 0.29) is 5.56 Å². The van der Waals surface area contributed by atoms with Gasteiger partial charge >= 0.3 is 5.97 Å². The molecule has 104 valence electrons. The van der Waals surface area contributed by atoms with Gasteiger partial charge in [0.1, 0.15) is 4.83 Å². The van der Waals surface area contributed by atoms with E-state index < -0.39 is 11.9 Å². The van der Waals surface area contributed by atoms with Crippen molar-refractivity contribution in [3.8, 4) is 0 Å². The monoisotopic (exact) mass is 290 g/mol. The Balaban J connectivity index is 2.26. The van der Waals surface area contributed by atoms with Crippen molar-refractivity contribution in [2.75, 3.05) is 0 Å². The number of allylic oxidation sites excluding steroid dienone is 1. The average Bonchev–Trinajstić information content (AvgIpc) is 2.90. The molecule has 0 bridgehead atoms. The van der Waals surface area contributed by atoms with Crippen molar-refractivity contribution in [1.29, 1.82) is 0 Å². The molecule has 20 heavy (non-hydrogen) atoms. The van der Waals surface area contributed by atoms with Crippen LogP contribution in [0.3, 0.4) is 0 Å². The van der Waals surface area contributed by atoms with Crippen molar-refractivity contribution in [1.82, 2.24) is 9.55 Å². The van der Waals surface area contributed by atoms with E-state index in [2.05, 4.69) is 11.6 Å². The normalized spacial score (nSPS) is 17.4. The Hall–Kier alpha value is -1.95. The van der Waals surface area contributed by atoms with Gasteiger partial charge in [-0.2, -0.15) is 0 Å². The summed E-state index contributed by atoms with van der Waals surface area (Å²) in [5, 5.41) is 9.79. The third kappa shape index (κ3) is 1.87. The van der Waals surface area contributed by atoms with Gasteiger partial charge in [0.2, 0.25) is 0 Å². The number of hydrogen-bond acceptors (Lipinski definition) is 4. The summed E-state index contributed by atoms with van der Waals surface area (Å²) < 4.78 is 1.49. The summed E-state index contributed by atoms with van der Waals surface area (Å²) >= 11 is 1.44. The molecule has 1 atom stereocenters. The SMILES string of the molecule is C=C(C)Cn1cnc2sc3c(c2c1=O)C(C(=O)O)CC3. The van der Waals surface area contributed by atoms with Crippen molar-refractivity contribution in [2.45, 2.75) is 32.2 Å². The van der Waals surface area contributed by atoms with Crippen LogP contribution in [0.15, 0.2) is 23.3 Å². The van der Waals surface area contributed by atoms with Gasteiger partial charge in [0, 0.05) is 11.4 Å². The highest BCUT2D eigenvalue weighted by atomic mass is 32.1. The summed E-state index contributed by atoms with van der Waals surface area (Å²) in [5.74, 6) is -1.44. The highest BCUT2D eigenvalue weighted by Gasteiger charge is 2.34. The summed E-state index contributed by atoms with van der Waals surface area (Å²) in [6, 6.07) is 0. The van der Waals surface area contributed by atoms with Gasteiger partial charge in [-0.3, -0.25) is 14.2 Å². The highest BCUT2D eigenvalue weighted by Crippen LogP contribution is 2.41. The first-order valence-electron chi connectivity index (χ1n) is 6.37. The van der Waals surface area contributed by atoms with Gasteiger partial charge in [0.25, 0.3) is 5.56 Å². The van der Waals surface area contributed by atoms with Crippen molar-refractivity contribution >= 4 is 27.5 Å². The molecule has 0 spiro atoms. The molecule has 0 saturated heterocycles. The van der Waals surface area contributed by atoms with Crippen LogP contribution in [0.2, 0.25) is 0 Å².